The van der Waals surface area contributed by atoms with Crippen LogP contribution >= 0.6 is 12.2 Å². The molecule has 0 heterocycles. The molecule has 5 nitrogen and oxygen atoms in total. The molecule has 0 aromatic heterocycles. The molecule has 0 saturated carbocycles. The summed E-state index contributed by atoms with van der Waals surface area (Å²) in [7, 11) is -3.51. The van der Waals surface area contributed by atoms with Crippen molar-refractivity contribution in [3.05, 3.63) is 0 Å². The Labute approximate surface area is 103 Å². The molecule has 96 valence electrons. The molecule has 0 aromatic carbocycles. The molecule has 0 radical (unpaired) electrons. The first kappa shape index (κ1) is 15.8. The van der Waals surface area contributed by atoms with Gasteiger partial charge in [-0.1, -0.05) is 12.2 Å². The first-order chi connectivity index (χ1) is 7.12. The zero-order valence-corrected chi connectivity index (χ0v) is 11.7. The lowest BCUT2D eigenvalue weighted by Crippen LogP contribution is -2.46. The van der Waals surface area contributed by atoms with Crippen molar-refractivity contribution >= 4 is 27.2 Å². The van der Waals surface area contributed by atoms with Crippen molar-refractivity contribution in [3.63, 3.8) is 0 Å². The van der Waals surface area contributed by atoms with Gasteiger partial charge in [0.1, 0.15) is 5.25 Å². The van der Waals surface area contributed by atoms with E-state index in [0.717, 1.165) is 0 Å². The Bertz CT molecular complexity index is 339. The van der Waals surface area contributed by atoms with Crippen LogP contribution in [0.4, 0.5) is 0 Å². The number of ether oxygens (including phenoxy) is 1. The van der Waals surface area contributed by atoms with Crippen LogP contribution in [0, 0.1) is 0 Å². The van der Waals surface area contributed by atoms with Crippen LogP contribution < -0.4 is 10.5 Å². The quantitative estimate of drug-likeness (QED) is 0.653. The topological polar surface area (TPSA) is 81.4 Å². The highest BCUT2D eigenvalue weighted by molar-refractivity contribution is 7.93. The predicted molar refractivity (Wildman–Crippen MR) is 68.9 cm³/mol. The van der Waals surface area contributed by atoms with E-state index < -0.39 is 20.9 Å². The van der Waals surface area contributed by atoms with Crippen LogP contribution in [0.5, 0.6) is 0 Å². The molecule has 0 aliphatic carbocycles. The summed E-state index contributed by atoms with van der Waals surface area (Å²) in [6, 6.07) is 0. The van der Waals surface area contributed by atoms with Crippen molar-refractivity contribution in [2.24, 2.45) is 5.73 Å². The smallest absolute Gasteiger partial charge is 0.220 e. The van der Waals surface area contributed by atoms with E-state index in [0.29, 0.717) is 6.61 Å². The molecule has 0 aliphatic rings. The lowest BCUT2D eigenvalue weighted by molar-refractivity contribution is -0.00515. The molecule has 0 aromatic rings. The summed E-state index contributed by atoms with van der Waals surface area (Å²) in [6.45, 7) is 7.65. The number of nitrogens with one attached hydrogen (secondary N) is 1. The summed E-state index contributed by atoms with van der Waals surface area (Å²) in [5, 5.41) is -0.875. The summed E-state index contributed by atoms with van der Waals surface area (Å²) < 4.78 is 31.2. The minimum Gasteiger partial charge on any atom is -0.392 e. The number of thiocarbonyl (C=S) groups is 1. The second-order valence-corrected chi connectivity index (χ2v) is 6.66. The summed E-state index contributed by atoms with van der Waals surface area (Å²) in [5.41, 5.74) is 4.76. The third-order valence-electron chi connectivity index (χ3n) is 2.10. The Kier molecular flexibility index (Phi) is 5.81. The Morgan fingerprint density at radius 2 is 2.06 bits per heavy atom. The first-order valence-corrected chi connectivity index (χ1v) is 6.99. The van der Waals surface area contributed by atoms with Gasteiger partial charge in [-0.15, -0.1) is 0 Å². The van der Waals surface area contributed by atoms with Gasteiger partial charge in [0.05, 0.1) is 10.6 Å². The van der Waals surface area contributed by atoms with Gasteiger partial charge in [0.15, 0.2) is 0 Å². The van der Waals surface area contributed by atoms with Crippen molar-refractivity contribution in [2.75, 3.05) is 13.2 Å². The minimum atomic E-state index is -3.51. The summed E-state index contributed by atoms with van der Waals surface area (Å²) in [4.78, 5) is -0.0401. The van der Waals surface area contributed by atoms with Crippen molar-refractivity contribution in [1.29, 1.82) is 0 Å². The van der Waals surface area contributed by atoms with E-state index in [4.69, 9.17) is 10.5 Å². The zero-order valence-electron chi connectivity index (χ0n) is 10.1. The van der Waals surface area contributed by atoms with Gasteiger partial charge in [-0.2, -0.15) is 0 Å². The van der Waals surface area contributed by atoms with Crippen LogP contribution in [-0.4, -0.2) is 37.4 Å². The molecule has 0 amide bonds. The number of hydrogen-bond acceptors (Lipinski definition) is 4. The van der Waals surface area contributed by atoms with E-state index in [-0.39, 0.29) is 11.5 Å². The van der Waals surface area contributed by atoms with Crippen LogP contribution in [0.3, 0.4) is 0 Å². The largest absolute Gasteiger partial charge is 0.392 e. The number of sulfonamides is 1. The molecule has 16 heavy (non-hydrogen) atoms. The van der Waals surface area contributed by atoms with E-state index in [9.17, 15) is 8.42 Å². The molecular weight excluding hydrogens is 248 g/mol. The van der Waals surface area contributed by atoms with Crippen LogP contribution in [0.2, 0.25) is 0 Å². The summed E-state index contributed by atoms with van der Waals surface area (Å²) >= 11 is 4.65. The maximum absolute atomic E-state index is 11.7. The van der Waals surface area contributed by atoms with Gasteiger partial charge in [-0.25, -0.2) is 13.1 Å². The number of hydrogen-bond donors (Lipinski definition) is 2. The SMILES string of the molecule is CCOC(C)(C)CNS(=O)(=O)C(C)C(N)=S. The Balaban J connectivity index is 4.46. The normalized spacial score (nSPS) is 14.8. The first-order valence-electron chi connectivity index (χ1n) is 5.04. The van der Waals surface area contributed by atoms with E-state index in [1.165, 1.54) is 6.92 Å². The minimum absolute atomic E-state index is 0.0401. The third-order valence-corrected chi connectivity index (χ3v) is 4.33. The second kappa shape index (κ2) is 5.90. The molecule has 1 unspecified atom stereocenters. The average molecular weight is 268 g/mol. The maximum atomic E-state index is 11.7. The van der Waals surface area contributed by atoms with Gasteiger partial charge in [0, 0.05) is 13.2 Å². The molecule has 0 rings (SSSR count). The van der Waals surface area contributed by atoms with Crippen LogP contribution in [0.15, 0.2) is 0 Å². The number of rotatable bonds is 7. The number of nitrogens with two attached hydrogens (primary N) is 1. The maximum Gasteiger partial charge on any atom is 0.220 e. The van der Waals surface area contributed by atoms with Crippen molar-refractivity contribution < 1.29 is 13.2 Å². The van der Waals surface area contributed by atoms with Gasteiger partial charge in [0.25, 0.3) is 0 Å². The lowest BCUT2D eigenvalue weighted by Gasteiger charge is -2.25. The molecule has 0 saturated heterocycles. The van der Waals surface area contributed by atoms with Crippen LogP contribution in [-0.2, 0) is 14.8 Å². The zero-order chi connectivity index (χ0) is 13.0. The van der Waals surface area contributed by atoms with E-state index in [1.807, 2.05) is 20.8 Å². The van der Waals surface area contributed by atoms with Gasteiger partial charge in [-0.05, 0) is 27.7 Å². The molecule has 3 N–H and O–H groups in total. The monoisotopic (exact) mass is 268 g/mol. The molecule has 0 aliphatic heterocycles. The highest BCUT2D eigenvalue weighted by Crippen LogP contribution is 2.08. The lowest BCUT2D eigenvalue weighted by atomic mass is 10.1. The summed E-state index contributed by atoms with van der Waals surface area (Å²) in [5.74, 6) is 0. The van der Waals surface area contributed by atoms with E-state index in [2.05, 4.69) is 16.9 Å². The van der Waals surface area contributed by atoms with Crippen LogP contribution in [0.25, 0.3) is 0 Å². The highest BCUT2D eigenvalue weighted by Gasteiger charge is 2.26. The van der Waals surface area contributed by atoms with Crippen molar-refractivity contribution in [1.82, 2.24) is 4.72 Å². The molecule has 0 fully saturated rings. The Morgan fingerprint density at radius 3 is 2.44 bits per heavy atom. The Morgan fingerprint density at radius 1 is 1.56 bits per heavy atom. The van der Waals surface area contributed by atoms with Gasteiger partial charge in [-0.3, -0.25) is 0 Å². The summed E-state index contributed by atoms with van der Waals surface area (Å²) in [6.07, 6.45) is 0. The van der Waals surface area contributed by atoms with Gasteiger partial charge >= 0.3 is 0 Å². The van der Waals surface area contributed by atoms with Crippen LogP contribution in [0.1, 0.15) is 27.7 Å². The standard InChI is InChI=1S/C9H20N2O3S2/c1-5-14-9(3,4)6-11-16(12,13)7(2)8(10)15/h7,11H,5-6H2,1-4H3,(H2,10,15). The Hall–Kier alpha value is -0.240. The predicted octanol–water partition coefficient (Wildman–Crippen LogP) is 0.396. The van der Waals surface area contributed by atoms with Crippen molar-refractivity contribution in [3.8, 4) is 0 Å². The fourth-order valence-corrected chi connectivity index (χ4v) is 2.48. The molecule has 7 heteroatoms. The molecule has 0 bridgehead atoms. The average Bonchev–Trinajstić information content (AvgIpc) is 2.14. The second-order valence-electron chi connectivity index (χ2n) is 4.10. The van der Waals surface area contributed by atoms with E-state index in [1.54, 1.807) is 0 Å². The fraction of sp³-hybridized carbons (Fsp3) is 0.889. The molecule has 0 spiro atoms. The van der Waals surface area contributed by atoms with Gasteiger partial charge < -0.3 is 10.5 Å². The fourth-order valence-electron chi connectivity index (χ4n) is 0.994. The third kappa shape index (κ3) is 5.20. The molecular formula is C9H20N2O3S2. The van der Waals surface area contributed by atoms with Gasteiger partial charge in [0.2, 0.25) is 10.0 Å². The highest BCUT2D eigenvalue weighted by atomic mass is 32.2. The van der Waals surface area contributed by atoms with E-state index >= 15 is 0 Å². The molecule has 1 atom stereocenters. The van der Waals surface area contributed by atoms with Crippen molar-refractivity contribution in [2.45, 2.75) is 38.5 Å².